The summed E-state index contributed by atoms with van der Waals surface area (Å²) in [5.74, 6) is -0.503. The van der Waals surface area contributed by atoms with Gasteiger partial charge in [0.25, 0.3) is 11.8 Å². The third-order valence-electron chi connectivity index (χ3n) is 2.91. The van der Waals surface area contributed by atoms with Crippen LogP contribution < -0.4 is 10.6 Å². The minimum Gasteiger partial charge on any atom is -0.385 e. The number of hydrogen-bond donors (Lipinski definition) is 2. The van der Waals surface area contributed by atoms with E-state index in [1.165, 1.54) is 12.3 Å². The number of amides is 2. The van der Waals surface area contributed by atoms with Gasteiger partial charge in [0.1, 0.15) is 5.69 Å². The van der Waals surface area contributed by atoms with Gasteiger partial charge >= 0.3 is 0 Å². The van der Waals surface area contributed by atoms with Gasteiger partial charge in [-0.3, -0.25) is 14.6 Å². The lowest BCUT2D eigenvalue weighted by Crippen LogP contribution is -2.32. The fraction of sp³-hybridized carbons (Fsp3) is 0.533. The van der Waals surface area contributed by atoms with Gasteiger partial charge in [0.05, 0.1) is 0 Å². The van der Waals surface area contributed by atoms with Crippen molar-refractivity contribution in [1.82, 2.24) is 20.5 Å². The Morgan fingerprint density at radius 2 is 1.95 bits per heavy atom. The van der Waals surface area contributed by atoms with Crippen LogP contribution in [0.1, 0.15) is 27.3 Å². The largest absolute Gasteiger partial charge is 0.385 e. The summed E-state index contributed by atoms with van der Waals surface area (Å²) in [4.78, 5) is 29.9. The molecular formula is C15H24N4O3. The number of nitrogens with one attached hydrogen (secondary N) is 2. The van der Waals surface area contributed by atoms with Gasteiger partial charge in [0, 0.05) is 45.1 Å². The van der Waals surface area contributed by atoms with Crippen LogP contribution in [-0.4, -0.2) is 69.1 Å². The Balaban J connectivity index is 2.53. The molecule has 0 bridgehead atoms. The summed E-state index contributed by atoms with van der Waals surface area (Å²) in [7, 11) is 5.48. The predicted octanol–water partition coefficient (Wildman–Crippen LogP) is 0.139. The minimum atomic E-state index is -0.282. The van der Waals surface area contributed by atoms with E-state index in [0.29, 0.717) is 25.3 Å². The van der Waals surface area contributed by atoms with E-state index in [1.807, 2.05) is 19.0 Å². The molecule has 0 saturated heterocycles. The molecule has 0 saturated carbocycles. The van der Waals surface area contributed by atoms with Crippen LogP contribution in [0, 0.1) is 0 Å². The Morgan fingerprint density at radius 1 is 1.23 bits per heavy atom. The number of hydrogen-bond acceptors (Lipinski definition) is 5. The van der Waals surface area contributed by atoms with Gasteiger partial charge in [-0.05, 0) is 32.6 Å². The fourth-order valence-electron chi connectivity index (χ4n) is 1.70. The van der Waals surface area contributed by atoms with Crippen LogP contribution in [0.3, 0.4) is 0 Å². The van der Waals surface area contributed by atoms with Crippen LogP contribution >= 0.6 is 0 Å². The molecule has 0 aliphatic carbocycles. The molecule has 0 fully saturated rings. The van der Waals surface area contributed by atoms with Crippen LogP contribution in [0.5, 0.6) is 0 Å². The number of nitrogens with zero attached hydrogens (tertiary/aromatic N) is 2. The van der Waals surface area contributed by atoms with E-state index in [0.717, 1.165) is 13.0 Å². The summed E-state index contributed by atoms with van der Waals surface area (Å²) in [5.41, 5.74) is 0.661. The van der Waals surface area contributed by atoms with Gasteiger partial charge in [-0.1, -0.05) is 0 Å². The maximum absolute atomic E-state index is 12.0. The van der Waals surface area contributed by atoms with E-state index in [2.05, 4.69) is 15.6 Å². The molecule has 7 heteroatoms. The van der Waals surface area contributed by atoms with Crippen molar-refractivity contribution < 1.29 is 14.3 Å². The Morgan fingerprint density at radius 3 is 2.64 bits per heavy atom. The van der Waals surface area contributed by atoms with Crippen molar-refractivity contribution in [3.8, 4) is 0 Å². The highest BCUT2D eigenvalue weighted by Crippen LogP contribution is 2.02. The van der Waals surface area contributed by atoms with Crippen LogP contribution in [0.2, 0.25) is 0 Å². The van der Waals surface area contributed by atoms with Crippen molar-refractivity contribution in [2.45, 2.75) is 6.42 Å². The Labute approximate surface area is 131 Å². The smallest absolute Gasteiger partial charge is 0.269 e. The molecule has 22 heavy (non-hydrogen) atoms. The standard InChI is InChI=1S/C15H24N4O3/c1-19(2)9-8-18-15(21)13-11-12(5-7-16-13)14(20)17-6-4-10-22-3/h5,7,11H,4,6,8-10H2,1-3H3,(H,17,20)(H,18,21). The molecule has 1 aromatic rings. The van der Waals surface area contributed by atoms with Crippen molar-refractivity contribution >= 4 is 11.8 Å². The van der Waals surface area contributed by atoms with Crippen molar-refractivity contribution in [2.75, 3.05) is 47.4 Å². The maximum atomic E-state index is 12.0. The summed E-state index contributed by atoms with van der Waals surface area (Å²) in [6.07, 6.45) is 2.20. The van der Waals surface area contributed by atoms with Crippen molar-refractivity contribution in [3.05, 3.63) is 29.6 Å². The summed E-state index contributed by atoms with van der Waals surface area (Å²) < 4.78 is 4.92. The van der Waals surface area contributed by atoms with Crippen molar-refractivity contribution in [1.29, 1.82) is 0 Å². The Bertz CT molecular complexity index is 491. The van der Waals surface area contributed by atoms with E-state index < -0.39 is 0 Å². The van der Waals surface area contributed by atoms with Crippen LogP contribution in [0.4, 0.5) is 0 Å². The van der Waals surface area contributed by atoms with Gasteiger partial charge < -0.3 is 20.3 Å². The first-order valence-corrected chi connectivity index (χ1v) is 7.20. The van der Waals surface area contributed by atoms with Gasteiger partial charge in [-0.25, -0.2) is 0 Å². The number of aromatic nitrogens is 1. The first kappa shape index (κ1) is 18.1. The van der Waals surface area contributed by atoms with Gasteiger partial charge in [-0.15, -0.1) is 0 Å². The third-order valence-corrected chi connectivity index (χ3v) is 2.91. The number of methoxy groups -OCH3 is 1. The quantitative estimate of drug-likeness (QED) is 0.634. The van der Waals surface area contributed by atoms with Crippen LogP contribution in [0.15, 0.2) is 18.3 Å². The van der Waals surface area contributed by atoms with Gasteiger partial charge in [0.15, 0.2) is 0 Å². The summed E-state index contributed by atoms with van der Waals surface area (Å²) in [6, 6.07) is 3.08. The first-order valence-electron chi connectivity index (χ1n) is 7.20. The highest BCUT2D eigenvalue weighted by atomic mass is 16.5. The van der Waals surface area contributed by atoms with E-state index in [9.17, 15) is 9.59 Å². The molecule has 2 N–H and O–H groups in total. The molecule has 0 spiro atoms. The lowest BCUT2D eigenvalue weighted by molar-refractivity contribution is 0.0946. The monoisotopic (exact) mass is 308 g/mol. The fourth-order valence-corrected chi connectivity index (χ4v) is 1.70. The molecule has 0 aromatic carbocycles. The number of pyridine rings is 1. The van der Waals surface area contributed by atoms with Crippen LogP contribution in [-0.2, 0) is 4.74 Å². The van der Waals surface area contributed by atoms with Crippen molar-refractivity contribution in [3.63, 3.8) is 0 Å². The Kier molecular flexibility index (Phi) is 8.09. The average molecular weight is 308 g/mol. The number of carbonyl (C=O) groups excluding carboxylic acids is 2. The number of carbonyl (C=O) groups is 2. The number of likely N-dealkylation sites (N-methyl/N-ethyl adjacent to an activating group) is 1. The predicted molar refractivity (Wildman–Crippen MR) is 84.0 cm³/mol. The molecule has 0 aliphatic heterocycles. The second kappa shape index (κ2) is 9.86. The molecule has 0 atom stereocenters. The van der Waals surface area contributed by atoms with E-state index >= 15 is 0 Å². The zero-order chi connectivity index (χ0) is 16.4. The van der Waals surface area contributed by atoms with Gasteiger partial charge in [-0.2, -0.15) is 0 Å². The third kappa shape index (κ3) is 6.64. The lowest BCUT2D eigenvalue weighted by atomic mass is 10.2. The second-order valence-corrected chi connectivity index (χ2v) is 5.09. The Hall–Kier alpha value is -1.99. The lowest BCUT2D eigenvalue weighted by Gasteiger charge is -2.10. The molecule has 1 aromatic heterocycles. The normalized spacial score (nSPS) is 10.5. The average Bonchev–Trinajstić information content (AvgIpc) is 2.51. The molecule has 2 amide bonds. The van der Waals surface area contributed by atoms with E-state index in [4.69, 9.17) is 4.74 Å². The second-order valence-electron chi connectivity index (χ2n) is 5.09. The molecule has 1 rings (SSSR count). The molecular weight excluding hydrogens is 284 g/mol. The molecule has 0 unspecified atom stereocenters. The zero-order valence-electron chi connectivity index (χ0n) is 13.4. The van der Waals surface area contributed by atoms with Gasteiger partial charge in [0.2, 0.25) is 0 Å². The topological polar surface area (TPSA) is 83.6 Å². The molecule has 0 radical (unpaired) electrons. The van der Waals surface area contributed by atoms with Crippen LogP contribution in [0.25, 0.3) is 0 Å². The minimum absolute atomic E-state index is 0.221. The highest BCUT2D eigenvalue weighted by Gasteiger charge is 2.11. The zero-order valence-corrected chi connectivity index (χ0v) is 13.4. The molecule has 0 aliphatic rings. The van der Waals surface area contributed by atoms with Crippen molar-refractivity contribution in [2.24, 2.45) is 0 Å². The van der Waals surface area contributed by atoms with E-state index in [1.54, 1.807) is 13.2 Å². The molecule has 7 nitrogen and oxygen atoms in total. The molecule has 122 valence electrons. The highest BCUT2D eigenvalue weighted by molar-refractivity contribution is 5.98. The number of rotatable bonds is 9. The maximum Gasteiger partial charge on any atom is 0.269 e. The summed E-state index contributed by atoms with van der Waals surface area (Å²) >= 11 is 0. The summed E-state index contributed by atoms with van der Waals surface area (Å²) in [5, 5.41) is 5.54. The summed E-state index contributed by atoms with van der Waals surface area (Å²) in [6.45, 7) is 2.39. The number of ether oxygens (including phenoxy) is 1. The van der Waals surface area contributed by atoms with E-state index in [-0.39, 0.29) is 17.5 Å². The first-order chi connectivity index (χ1) is 10.5. The SMILES string of the molecule is COCCCNC(=O)c1ccnc(C(=O)NCCN(C)C)c1. The molecule has 1 heterocycles.